The number of aromatic nitrogens is 3. The average molecular weight is 411 g/mol. The van der Waals surface area contributed by atoms with E-state index < -0.39 is 21.8 Å². The minimum absolute atomic E-state index is 0.0363. The van der Waals surface area contributed by atoms with E-state index >= 15 is 0 Å². The SMILES string of the molecule is CC1CCCN1S(=O)(=O)Nc1cc(-c2nnc3n2CCCCC3)c(F)cc1F. The predicted molar refractivity (Wildman–Crippen MR) is 101 cm³/mol. The number of hydrogen-bond acceptors (Lipinski definition) is 4. The van der Waals surface area contributed by atoms with Crippen LogP contribution >= 0.6 is 0 Å². The van der Waals surface area contributed by atoms with Crippen LogP contribution in [0.3, 0.4) is 0 Å². The lowest BCUT2D eigenvalue weighted by molar-refractivity contribution is 0.411. The van der Waals surface area contributed by atoms with Crippen molar-refractivity contribution < 1.29 is 17.2 Å². The summed E-state index contributed by atoms with van der Waals surface area (Å²) < 4.78 is 59.6. The maximum Gasteiger partial charge on any atom is 0.301 e. The third kappa shape index (κ3) is 3.50. The maximum atomic E-state index is 14.6. The van der Waals surface area contributed by atoms with Gasteiger partial charge in [-0.25, -0.2) is 8.78 Å². The second-order valence-corrected chi connectivity index (χ2v) is 9.05. The monoisotopic (exact) mass is 411 g/mol. The van der Waals surface area contributed by atoms with Gasteiger partial charge in [0.15, 0.2) is 5.82 Å². The fraction of sp³-hybridized carbons (Fsp3) is 0.556. The zero-order valence-electron chi connectivity index (χ0n) is 15.7. The summed E-state index contributed by atoms with van der Waals surface area (Å²) in [6.45, 7) is 2.84. The first kappa shape index (κ1) is 19.3. The molecular weight excluding hydrogens is 388 g/mol. The van der Waals surface area contributed by atoms with Crippen LogP contribution in [-0.2, 0) is 23.2 Å². The first-order valence-corrected chi connectivity index (χ1v) is 11.0. The van der Waals surface area contributed by atoms with Crippen molar-refractivity contribution >= 4 is 15.9 Å². The number of rotatable bonds is 4. The van der Waals surface area contributed by atoms with Crippen LogP contribution in [-0.4, -0.2) is 40.1 Å². The number of nitrogens with one attached hydrogen (secondary N) is 1. The molecule has 10 heteroatoms. The van der Waals surface area contributed by atoms with E-state index in [1.54, 1.807) is 0 Å². The van der Waals surface area contributed by atoms with E-state index in [0.29, 0.717) is 25.0 Å². The van der Waals surface area contributed by atoms with Crippen LogP contribution in [0, 0.1) is 11.6 Å². The van der Waals surface area contributed by atoms with Crippen molar-refractivity contribution in [2.75, 3.05) is 11.3 Å². The molecule has 3 heterocycles. The molecule has 4 rings (SSSR count). The number of halogens is 2. The lowest BCUT2D eigenvalue weighted by Gasteiger charge is -2.22. The molecule has 1 aromatic heterocycles. The highest BCUT2D eigenvalue weighted by atomic mass is 32.2. The number of nitrogens with zero attached hydrogens (tertiary/aromatic N) is 4. The maximum absolute atomic E-state index is 14.6. The first-order valence-electron chi connectivity index (χ1n) is 9.58. The second-order valence-electron chi connectivity index (χ2n) is 7.42. The van der Waals surface area contributed by atoms with Gasteiger partial charge in [0.1, 0.15) is 17.5 Å². The molecule has 1 unspecified atom stereocenters. The molecule has 1 aromatic carbocycles. The van der Waals surface area contributed by atoms with Gasteiger partial charge in [0.2, 0.25) is 0 Å². The zero-order valence-corrected chi connectivity index (χ0v) is 16.5. The molecule has 0 bridgehead atoms. The minimum Gasteiger partial charge on any atom is -0.311 e. The molecule has 0 aliphatic carbocycles. The third-order valence-corrected chi connectivity index (χ3v) is 7.08. The number of benzene rings is 1. The van der Waals surface area contributed by atoms with E-state index in [9.17, 15) is 17.2 Å². The quantitative estimate of drug-likeness (QED) is 0.839. The lowest BCUT2D eigenvalue weighted by atomic mass is 10.1. The highest BCUT2D eigenvalue weighted by molar-refractivity contribution is 7.90. The highest BCUT2D eigenvalue weighted by Crippen LogP contribution is 2.31. The van der Waals surface area contributed by atoms with Crippen molar-refractivity contribution in [2.45, 2.75) is 58.0 Å². The predicted octanol–water partition coefficient (Wildman–Crippen LogP) is 3.09. The molecular formula is C18H23F2N5O2S. The number of anilines is 1. The number of fused-ring (bicyclic) bond motifs is 1. The fourth-order valence-electron chi connectivity index (χ4n) is 3.94. The van der Waals surface area contributed by atoms with Crippen molar-refractivity contribution in [1.29, 1.82) is 0 Å². The Kier molecular flexibility index (Phi) is 5.09. The molecule has 1 N–H and O–H groups in total. The summed E-state index contributed by atoms with van der Waals surface area (Å²) in [5, 5.41) is 8.23. The van der Waals surface area contributed by atoms with Crippen molar-refractivity contribution in [3.8, 4) is 11.4 Å². The summed E-state index contributed by atoms with van der Waals surface area (Å²) in [7, 11) is -3.93. The molecule has 152 valence electrons. The Bertz CT molecular complexity index is 992. The molecule has 7 nitrogen and oxygen atoms in total. The molecule has 0 radical (unpaired) electrons. The van der Waals surface area contributed by atoms with Gasteiger partial charge in [0.05, 0.1) is 11.3 Å². The first-order chi connectivity index (χ1) is 13.4. The number of aryl methyl sites for hydroxylation is 1. The van der Waals surface area contributed by atoms with Crippen LogP contribution in [0.2, 0.25) is 0 Å². The summed E-state index contributed by atoms with van der Waals surface area (Å²) in [6, 6.07) is 1.71. The average Bonchev–Trinajstić information content (AvgIpc) is 3.17. The van der Waals surface area contributed by atoms with Gasteiger partial charge in [0.25, 0.3) is 0 Å². The van der Waals surface area contributed by atoms with E-state index in [0.717, 1.165) is 44.3 Å². The molecule has 28 heavy (non-hydrogen) atoms. The Labute approximate surface area is 162 Å². The summed E-state index contributed by atoms with van der Waals surface area (Å²) in [5.74, 6) is -0.699. The molecule has 1 fully saturated rings. The van der Waals surface area contributed by atoms with Crippen molar-refractivity contribution in [3.63, 3.8) is 0 Å². The third-order valence-electron chi connectivity index (χ3n) is 5.45. The van der Waals surface area contributed by atoms with Crippen molar-refractivity contribution in [1.82, 2.24) is 19.1 Å². The van der Waals surface area contributed by atoms with Gasteiger partial charge in [-0.3, -0.25) is 4.72 Å². The molecule has 1 saturated heterocycles. The smallest absolute Gasteiger partial charge is 0.301 e. The van der Waals surface area contributed by atoms with E-state index in [4.69, 9.17) is 0 Å². The summed E-state index contributed by atoms with van der Waals surface area (Å²) in [6.07, 6.45) is 5.22. The Balaban J connectivity index is 1.71. The molecule has 2 aliphatic heterocycles. The lowest BCUT2D eigenvalue weighted by Crippen LogP contribution is -2.38. The van der Waals surface area contributed by atoms with Gasteiger partial charge in [-0.05, 0) is 38.7 Å². The number of hydrogen-bond donors (Lipinski definition) is 1. The normalized spacial score (nSPS) is 20.8. The van der Waals surface area contributed by atoms with Crippen LogP contribution < -0.4 is 4.72 Å². The van der Waals surface area contributed by atoms with E-state index in [-0.39, 0.29) is 17.3 Å². The fourth-order valence-corrected chi connectivity index (χ4v) is 5.44. The van der Waals surface area contributed by atoms with Gasteiger partial charge in [0, 0.05) is 31.6 Å². The van der Waals surface area contributed by atoms with E-state index in [1.165, 1.54) is 10.4 Å². The minimum atomic E-state index is -3.93. The molecule has 0 saturated carbocycles. The van der Waals surface area contributed by atoms with Gasteiger partial charge in [-0.2, -0.15) is 12.7 Å². The van der Waals surface area contributed by atoms with Crippen LogP contribution in [0.5, 0.6) is 0 Å². The second kappa shape index (κ2) is 7.40. The van der Waals surface area contributed by atoms with Crippen molar-refractivity contribution in [2.24, 2.45) is 0 Å². The molecule has 1 atom stereocenters. The van der Waals surface area contributed by atoms with Gasteiger partial charge < -0.3 is 4.57 Å². The zero-order chi connectivity index (χ0) is 19.9. The van der Waals surface area contributed by atoms with Gasteiger partial charge >= 0.3 is 10.2 Å². The van der Waals surface area contributed by atoms with E-state index in [2.05, 4.69) is 14.9 Å². The molecule has 2 aliphatic rings. The topological polar surface area (TPSA) is 80.1 Å². The van der Waals surface area contributed by atoms with E-state index in [1.807, 2.05) is 11.5 Å². The summed E-state index contributed by atoms with van der Waals surface area (Å²) in [5.41, 5.74) is -0.254. The van der Waals surface area contributed by atoms with Crippen molar-refractivity contribution in [3.05, 3.63) is 29.6 Å². The largest absolute Gasteiger partial charge is 0.311 e. The molecule has 0 amide bonds. The Morgan fingerprint density at radius 1 is 1.07 bits per heavy atom. The van der Waals surface area contributed by atoms with Crippen LogP contribution in [0.25, 0.3) is 11.4 Å². The molecule has 2 aromatic rings. The standard InChI is InChI=1S/C18H23F2N5O2S/c1-12-6-5-9-25(12)28(26,27)23-16-10-13(14(19)11-15(16)20)18-22-21-17-7-3-2-4-8-24(17)18/h10-12,23H,2-9H2,1H3. The highest BCUT2D eigenvalue weighted by Gasteiger charge is 2.32. The van der Waals surface area contributed by atoms with Gasteiger partial charge in [-0.15, -0.1) is 10.2 Å². The van der Waals surface area contributed by atoms with Crippen LogP contribution in [0.4, 0.5) is 14.5 Å². The molecule has 0 spiro atoms. The Morgan fingerprint density at radius 2 is 1.89 bits per heavy atom. The van der Waals surface area contributed by atoms with Crippen LogP contribution in [0.1, 0.15) is 44.9 Å². The van der Waals surface area contributed by atoms with Crippen LogP contribution in [0.15, 0.2) is 12.1 Å². The Morgan fingerprint density at radius 3 is 2.64 bits per heavy atom. The summed E-state index contributed by atoms with van der Waals surface area (Å²) in [4.78, 5) is 0. The van der Waals surface area contributed by atoms with Gasteiger partial charge in [-0.1, -0.05) is 6.42 Å². The Hall–Kier alpha value is -2.07. The summed E-state index contributed by atoms with van der Waals surface area (Å²) >= 11 is 0.